The Morgan fingerprint density at radius 3 is 2.81 bits per heavy atom. The van der Waals surface area contributed by atoms with Crippen molar-refractivity contribution in [1.82, 2.24) is 10.2 Å². The first-order chi connectivity index (χ1) is 10.1. The first-order valence-electron chi connectivity index (χ1n) is 8.54. The van der Waals surface area contributed by atoms with Crippen molar-refractivity contribution in [1.29, 1.82) is 0 Å². The smallest absolute Gasteiger partial charge is 0.117 e. The van der Waals surface area contributed by atoms with Crippen LogP contribution in [0.3, 0.4) is 0 Å². The first kappa shape index (κ1) is 16.6. The third-order valence-electron chi connectivity index (χ3n) is 4.98. The highest BCUT2D eigenvalue weighted by molar-refractivity contribution is 4.98. The summed E-state index contributed by atoms with van der Waals surface area (Å²) in [5.41, 5.74) is 0. The number of nitrogens with zero attached hydrogens (tertiary/aromatic N) is 1. The van der Waals surface area contributed by atoms with Crippen LogP contribution in [-0.4, -0.2) is 31.1 Å². The van der Waals surface area contributed by atoms with Crippen molar-refractivity contribution in [3.63, 3.8) is 0 Å². The molecule has 0 aromatic carbocycles. The van der Waals surface area contributed by atoms with Crippen LogP contribution >= 0.6 is 0 Å². The Morgan fingerprint density at radius 1 is 1.38 bits per heavy atom. The van der Waals surface area contributed by atoms with E-state index in [1.807, 2.05) is 6.07 Å². The van der Waals surface area contributed by atoms with Gasteiger partial charge in [0.25, 0.3) is 0 Å². The SMILES string of the molecule is CCNC1CCC(C(C)C)CC1CN(C)Cc1ccco1. The van der Waals surface area contributed by atoms with Gasteiger partial charge in [-0.3, -0.25) is 4.90 Å². The molecule has 21 heavy (non-hydrogen) atoms. The maximum absolute atomic E-state index is 5.47. The quantitative estimate of drug-likeness (QED) is 0.829. The van der Waals surface area contributed by atoms with E-state index in [4.69, 9.17) is 4.42 Å². The fourth-order valence-corrected chi connectivity index (χ4v) is 3.77. The van der Waals surface area contributed by atoms with E-state index in [0.717, 1.165) is 43.1 Å². The molecule has 3 atom stereocenters. The molecule has 0 spiro atoms. The summed E-state index contributed by atoms with van der Waals surface area (Å²) in [5.74, 6) is 3.52. The normalized spacial score (nSPS) is 26.7. The van der Waals surface area contributed by atoms with Crippen LogP contribution in [0.15, 0.2) is 22.8 Å². The molecule has 0 bridgehead atoms. The van der Waals surface area contributed by atoms with E-state index >= 15 is 0 Å². The predicted molar refractivity (Wildman–Crippen MR) is 88.2 cm³/mol. The summed E-state index contributed by atoms with van der Waals surface area (Å²) in [5, 5.41) is 3.71. The summed E-state index contributed by atoms with van der Waals surface area (Å²) in [6, 6.07) is 4.72. The average molecular weight is 292 g/mol. The van der Waals surface area contributed by atoms with E-state index in [2.05, 4.69) is 44.1 Å². The van der Waals surface area contributed by atoms with E-state index in [1.54, 1.807) is 6.26 Å². The standard InChI is InChI=1S/C18H32N2O/c1-5-19-18-9-8-15(14(2)3)11-16(18)12-20(4)13-17-7-6-10-21-17/h6-7,10,14-16,18-19H,5,8-9,11-13H2,1-4H3. The minimum atomic E-state index is 0.684. The minimum Gasteiger partial charge on any atom is -0.468 e. The van der Waals surface area contributed by atoms with Gasteiger partial charge >= 0.3 is 0 Å². The molecule has 1 aromatic rings. The van der Waals surface area contributed by atoms with Crippen molar-refractivity contribution in [3.8, 4) is 0 Å². The topological polar surface area (TPSA) is 28.4 Å². The van der Waals surface area contributed by atoms with Gasteiger partial charge in [-0.15, -0.1) is 0 Å². The van der Waals surface area contributed by atoms with E-state index in [1.165, 1.54) is 19.3 Å². The van der Waals surface area contributed by atoms with Gasteiger partial charge in [0.2, 0.25) is 0 Å². The summed E-state index contributed by atoms with van der Waals surface area (Å²) in [6.45, 7) is 10.1. The Hall–Kier alpha value is -0.800. The van der Waals surface area contributed by atoms with Crippen LogP contribution in [0, 0.1) is 17.8 Å². The second-order valence-electron chi connectivity index (χ2n) is 7.02. The van der Waals surface area contributed by atoms with Crippen LogP contribution < -0.4 is 5.32 Å². The van der Waals surface area contributed by atoms with Gasteiger partial charge in [-0.05, 0) is 62.7 Å². The van der Waals surface area contributed by atoms with Crippen LogP contribution in [-0.2, 0) is 6.54 Å². The van der Waals surface area contributed by atoms with Gasteiger partial charge in [-0.1, -0.05) is 20.8 Å². The molecular weight excluding hydrogens is 260 g/mol. The Balaban J connectivity index is 1.91. The zero-order valence-electron chi connectivity index (χ0n) is 14.1. The largest absolute Gasteiger partial charge is 0.468 e. The van der Waals surface area contributed by atoms with E-state index in [-0.39, 0.29) is 0 Å². The molecule has 1 aromatic heterocycles. The second kappa shape index (κ2) is 8.00. The van der Waals surface area contributed by atoms with Crippen molar-refractivity contribution in [2.45, 2.75) is 52.6 Å². The fourth-order valence-electron chi connectivity index (χ4n) is 3.77. The summed E-state index contributed by atoms with van der Waals surface area (Å²) in [6.07, 6.45) is 5.83. The summed E-state index contributed by atoms with van der Waals surface area (Å²) < 4.78 is 5.47. The number of furan rings is 1. The molecule has 1 N–H and O–H groups in total. The van der Waals surface area contributed by atoms with E-state index in [9.17, 15) is 0 Å². The van der Waals surface area contributed by atoms with Crippen LogP contribution in [0.2, 0.25) is 0 Å². The molecule has 2 rings (SSSR count). The zero-order valence-corrected chi connectivity index (χ0v) is 14.1. The minimum absolute atomic E-state index is 0.684. The van der Waals surface area contributed by atoms with E-state index < -0.39 is 0 Å². The zero-order chi connectivity index (χ0) is 15.2. The summed E-state index contributed by atoms with van der Waals surface area (Å²) in [7, 11) is 2.21. The monoisotopic (exact) mass is 292 g/mol. The fraction of sp³-hybridized carbons (Fsp3) is 0.778. The van der Waals surface area contributed by atoms with Crippen LogP contribution in [0.1, 0.15) is 45.8 Å². The molecule has 1 aliphatic rings. The lowest BCUT2D eigenvalue weighted by molar-refractivity contribution is 0.128. The third kappa shape index (κ3) is 4.86. The number of rotatable bonds is 7. The molecule has 1 saturated carbocycles. The first-order valence-corrected chi connectivity index (χ1v) is 8.54. The van der Waals surface area contributed by atoms with Gasteiger partial charge < -0.3 is 9.73 Å². The molecule has 1 aliphatic carbocycles. The lowest BCUT2D eigenvalue weighted by Crippen LogP contribution is -2.45. The predicted octanol–water partition coefficient (Wildman–Crippen LogP) is 3.76. The van der Waals surface area contributed by atoms with Gasteiger partial charge in [-0.25, -0.2) is 0 Å². The molecule has 0 radical (unpaired) electrons. The Bertz CT molecular complexity index is 388. The number of hydrogen-bond acceptors (Lipinski definition) is 3. The lowest BCUT2D eigenvalue weighted by atomic mass is 9.73. The van der Waals surface area contributed by atoms with Gasteiger partial charge in [0.05, 0.1) is 12.8 Å². The van der Waals surface area contributed by atoms with Crippen LogP contribution in [0.5, 0.6) is 0 Å². The van der Waals surface area contributed by atoms with Gasteiger partial charge in [0.1, 0.15) is 5.76 Å². The molecule has 3 heteroatoms. The van der Waals surface area contributed by atoms with Gasteiger partial charge in [0.15, 0.2) is 0 Å². The molecule has 1 heterocycles. The third-order valence-corrected chi connectivity index (χ3v) is 4.98. The molecular formula is C18H32N2O. The molecule has 1 fully saturated rings. The maximum atomic E-state index is 5.47. The van der Waals surface area contributed by atoms with E-state index in [0.29, 0.717) is 6.04 Å². The highest BCUT2D eigenvalue weighted by atomic mass is 16.3. The Labute approximate surface area is 130 Å². The molecule has 0 saturated heterocycles. The van der Waals surface area contributed by atoms with Crippen LogP contribution in [0.25, 0.3) is 0 Å². The van der Waals surface area contributed by atoms with Gasteiger partial charge in [0, 0.05) is 12.6 Å². The highest BCUT2D eigenvalue weighted by Gasteiger charge is 2.31. The maximum Gasteiger partial charge on any atom is 0.117 e. The number of nitrogens with one attached hydrogen (secondary N) is 1. The summed E-state index contributed by atoms with van der Waals surface area (Å²) >= 11 is 0. The molecule has 3 nitrogen and oxygen atoms in total. The number of hydrogen-bond donors (Lipinski definition) is 1. The highest BCUT2D eigenvalue weighted by Crippen LogP contribution is 2.34. The molecule has 120 valence electrons. The van der Waals surface area contributed by atoms with Crippen molar-refractivity contribution in [2.24, 2.45) is 17.8 Å². The van der Waals surface area contributed by atoms with Crippen molar-refractivity contribution in [3.05, 3.63) is 24.2 Å². The second-order valence-corrected chi connectivity index (χ2v) is 7.02. The average Bonchev–Trinajstić information content (AvgIpc) is 2.93. The van der Waals surface area contributed by atoms with Gasteiger partial charge in [-0.2, -0.15) is 0 Å². The Kier molecular flexibility index (Phi) is 6.31. The molecule has 0 aliphatic heterocycles. The lowest BCUT2D eigenvalue weighted by Gasteiger charge is -2.40. The van der Waals surface area contributed by atoms with Crippen LogP contribution in [0.4, 0.5) is 0 Å². The molecule has 3 unspecified atom stereocenters. The van der Waals surface area contributed by atoms with Crippen molar-refractivity contribution in [2.75, 3.05) is 20.1 Å². The molecule has 0 amide bonds. The van der Waals surface area contributed by atoms with Crippen molar-refractivity contribution < 1.29 is 4.42 Å². The van der Waals surface area contributed by atoms with Crippen molar-refractivity contribution >= 4 is 0 Å². The Morgan fingerprint density at radius 2 is 2.19 bits per heavy atom. The summed E-state index contributed by atoms with van der Waals surface area (Å²) in [4.78, 5) is 2.41.